The van der Waals surface area contributed by atoms with E-state index in [0.717, 1.165) is 16.8 Å². The van der Waals surface area contributed by atoms with Crippen LogP contribution in [0.3, 0.4) is 0 Å². The third-order valence-electron chi connectivity index (χ3n) is 2.87. The van der Waals surface area contributed by atoms with Gasteiger partial charge in [-0.1, -0.05) is 6.07 Å². The van der Waals surface area contributed by atoms with Crippen molar-refractivity contribution in [1.82, 2.24) is 9.78 Å². The zero-order valence-corrected chi connectivity index (χ0v) is 12.5. The predicted octanol–water partition coefficient (Wildman–Crippen LogP) is 3.26. The van der Waals surface area contributed by atoms with Crippen molar-refractivity contribution >= 4 is 5.97 Å². The van der Waals surface area contributed by atoms with E-state index in [1.165, 1.54) is 31.3 Å². The minimum atomic E-state index is -5.86. The molecular weight excluding hydrogens is 355 g/mol. The molecule has 1 N–H and O–H groups in total. The van der Waals surface area contributed by atoms with E-state index < -0.39 is 30.1 Å². The van der Waals surface area contributed by atoms with E-state index in [9.17, 15) is 26.7 Å². The van der Waals surface area contributed by atoms with E-state index in [2.05, 4.69) is 9.84 Å². The molecule has 0 amide bonds. The molecule has 0 saturated heterocycles. The maximum atomic E-state index is 12.9. The van der Waals surface area contributed by atoms with Crippen molar-refractivity contribution in [3.05, 3.63) is 36.5 Å². The lowest BCUT2D eigenvalue weighted by molar-refractivity contribution is -0.360. The number of carboxylic acid groups (broad SMARTS) is 1. The molecule has 0 fully saturated rings. The SMILES string of the molecule is CC(Oc1ccn(-c2cccc(OC(F)(F)C(F)(F)F)c2)n1)C(=O)O. The van der Waals surface area contributed by atoms with E-state index in [1.54, 1.807) is 0 Å². The van der Waals surface area contributed by atoms with Crippen LogP contribution in [0.5, 0.6) is 11.6 Å². The summed E-state index contributed by atoms with van der Waals surface area (Å²) in [5.41, 5.74) is 0.105. The molecule has 11 heteroatoms. The Morgan fingerprint density at radius 1 is 1.24 bits per heavy atom. The molecule has 1 atom stereocenters. The van der Waals surface area contributed by atoms with E-state index in [-0.39, 0.29) is 11.6 Å². The molecule has 1 aromatic carbocycles. The van der Waals surface area contributed by atoms with Crippen LogP contribution in [-0.2, 0) is 4.79 Å². The first-order valence-electron chi connectivity index (χ1n) is 6.69. The van der Waals surface area contributed by atoms with E-state index in [0.29, 0.717) is 0 Å². The smallest absolute Gasteiger partial charge is 0.479 e. The van der Waals surface area contributed by atoms with Gasteiger partial charge in [-0.3, -0.25) is 0 Å². The van der Waals surface area contributed by atoms with Crippen LogP contribution in [0.15, 0.2) is 36.5 Å². The Hall–Kier alpha value is -2.85. The highest BCUT2D eigenvalue weighted by Crippen LogP contribution is 2.37. The molecule has 0 aliphatic heterocycles. The number of nitrogens with zero attached hydrogens (tertiary/aromatic N) is 2. The zero-order chi connectivity index (χ0) is 18.8. The molecule has 2 rings (SSSR count). The molecule has 1 unspecified atom stereocenters. The van der Waals surface area contributed by atoms with Crippen LogP contribution in [0.25, 0.3) is 5.69 Å². The molecule has 6 nitrogen and oxygen atoms in total. The first-order valence-corrected chi connectivity index (χ1v) is 6.69. The highest BCUT2D eigenvalue weighted by atomic mass is 19.4. The largest absolute Gasteiger partial charge is 0.499 e. The molecule has 0 aliphatic carbocycles. The fraction of sp³-hybridized carbons (Fsp3) is 0.286. The lowest BCUT2D eigenvalue weighted by atomic mass is 10.3. The van der Waals surface area contributed by atoms with Gasteiger partial charge in [-0.05, 0) is 19.1 Å². The van der Waals surface area contributed by atoms with E-state index in [4.69, 9.17) is 9.84 Å². The second-order valence-electron chi connectivity index (χ2n) is 4.81. The first kappa shape index (κ1) is 18.5. The minimum Gasteiger partial charge on any atom is -0.479 e. The topological polar surface area (TPSA) is 73.6 Å². The van der Waals surface area contributed by atoms with Gasteiger partial charge in [0.2, 0.25) is 5.88 Å². The lowest BCUT2D eigenvalue weighted by Gasteiger charge is -2.20. The van der Waals surface area contributed by atoms with Crippen LogP contribution in [0.1, 0.15) is 6.92 Å². The Morgan fingerprint density at radius 3 is 2.52 bits per heavy atom. The second-order valence-corrected chi connectivity index (χ2v) is 4.81. The summed E-state index contributed by atoms with van der Waals surface area (Å²) in [6.07, 6.45) is -11.1. The number of carboxylic acids is 1. The maximum Gasteiger partial charge on any atom is 0.499 e. The van der Waals surface area contributed by atoms with Crippen molar-refractivity contribution in [3.63, 3.8) is 0 Å². The Morgan fingerprint density at radius 2 is 1.92 bits per heavy atom. The van der Waals surface area contributed by atoms with Gasteiger partial charge in [-0.2, -0.15) is 22.0 Å². The van der Waals surface area contributed by atoms with Gasteiger partial charge in [-0.25, -0.2) is 9.48 Å². The Kier molecular flexibility index (Phi) is 4.86. The Bertz CT molecular complexity index is 760. The summed E-state index contributed by atoms with van der Waals surface area (Å²) < 4.78 is 72.2. The summed E-state index contributed by atoms with van der Waals surface area (Å²) in [6, 6.07) is 5.71. The number of rotatable bonds is 6. The van der Waals surface area contributed by atoms with Crippen LogP contribution >= 0.6 is 0 Å². The summed E-state index contributed by atoms with van der Waals surface area (Å²) in [5, 5.41) is 12.6. The van der Waals surface area contributed by atoms with Crippen LogP contribution < -0.4 is 9.47 Å². The number of halogens is 5. The fourth-order valence-corrected chi connectivity index (χ4v) is 1.64. The fourth-order valence-electron chi connectivity index (χ4n) is 1.64. The molecule has 2 aromatic rings. The van der Waals surface area contributed by atoms with Gasteiger partial charge < -0.3 is 14.6 Å². The Balaban J connectivity index is 2.19. The van der Waals surface area contributed by atoms with Crippen LogP contribution in [0.2, 0.25) is 0 Å². The maximum absolute atomic E-state index is 12.9. The van der Waals surface area contributed by atoms with Gasteiger partial charge in [-0.15, -0.1) is 5.10 Å². The average molecular weight is 366 g/mol. The molecule has 0 bridgehead atoms. The summed E-state index contributed by atoms with van der Waals surface area (Å²) in [6.45, 7) is 1.27. The van der Waals surface area contributed by atoms with Gasteiger partial charge in [0.1, 0.15) is 5.75 Å². The summed E-state index contributed by atoms with van der Waals surface area (Å²) >= 11 is 0. The highest BCUT2D eigenvalue weighted by molar-refractivity contribution is 5.72. The van der Waals surface area contributed by atoms with Crippen LogP contribution in [0, 0.1) is 0 Å². The Labute approximate surface area is 137 Å². The van der Waals surface area contributed by atoms with Crippen LogP contribution in [-0.4, -0.2) is 39.2 Å². The molecule has 0 saturated carbocycles. The predicted molar refractivity (Wildman–Crippen MR) is 72.9 cm³/mol. The van der Waals surface area contributed by atoms with E-state index >= 15 is 0 Å². The van der Waals surface area contributed by atoms with Gasteiger partial charge in [0.15, 0.2) is 6.10 Å². The molecule has 0 radical (unpaired) electrons. The molecular formula is C14H11F5N2O4. The van der Waals surface area contributed by atoms with Gasteiger partial charge in [0.05, 0.1) is 5.69 Å². The minimum absolute atomic E-state index is 0.0677. The van der Waals surface area contributed by atoms with Crippen molar-refractivity contribution in [2.45, 2.75) is 25.3 Å². The number of carbonyl (C=O) groups is 1. The average Bonchev–Trinajstić information content (AvgIpc) is 2.94. The number of aromatic nitrogens is 2. The number of hydrogen-bond donors (Lipinski definition) is 1. The van der Waals surface area contributed by atoms with Gasteiger partial charge in [0.25, 0.3) is 0 Å². The van der Waals surface area contributed by atoms with Gasteiger partial charge >= 0.3 is 18.3 Å². The van der Waals surface area contributed by atoms with E-state index in [1.807, 2.05) is 0 Å². The third-order valence-corrected chi connectivity index (χ3v) is 2.87. The molecule has 0 spiro atoms. The molecule has 1 aromatic heterocycles. The molecule has 25 heavy (non-hydrogen) atoms. The molecule has 136 valence electrons. The van der Waals surface area contributed by atoms with Crippen molar-refractivity contribution in [2.75, 3.05) is 0 Å². The van der Waals surface area contributed by atoms with Crippen molar-refractivity contribution in [3.8, 4) is 17.3 Å². The van der Waals surface area contributed by atoms with Gasteiger partial charge in [0, 0.05) is 18.3 Å². The van der Waals surface area contributed by atoms with Crippen LogP contribution in [0.4, 0.5) is 22.0 Å². The number of hydrogen-bond acceptors (Lipinski definition) is 4. The van der Waals surface area contributed by atoms with Crippen molar-refractivity contribution in [2.24, 2.45) is 0 Å². The quantitative estimate of drug-likeness (QED) is 0.795. The standard InChI is InChI=1S/C14H11F5N2O4/c1-8(12(22)23)24-11-5-6-21(20-11)9-3-2-4-10(7-9)25-14(18,19)13(15,16)17/h2-8H,1H3,(H,22,23). The number of ether oxygens (including phenoxy) is 2. The monoisotopic (exact) mass is 366 g/mol. The second kappa shape index (κ2) is 6.57. The van der Waals surface area contributed by atoms with Crippen molar-refractivity contribution in [1.29, 1.82) is 0 Å². The summed E-state index contributed by atoms with van der Waals surface area (Å²) in [5.74, 6) is -2.02. The molecule has 1 heterocycles. The zero-order valence-electron chi connectivity index (χ0n) is 12.5. The summed E-state index contributed by atoms with van der Waals surface area (Å²) in [4.78, 5) is 10.7. The number of aliphatic carboxylic acids is 1. The van der Waals surface area contributed by atoms with Crippen molar-refractivity contribution < 1.29 is 41.3 Å². The first-order chi connectivity index (χ1) is 11.5. The normalized spacial score (nSPS) is 13.4. The highest BCUT2D eigenvalue weighted by Gasteiger charge is 2.61. The molecule has 0 aliphatic rings. The third kappa shape index (κ3) is 4.37. The lowest BCUT2D eigenvalue weighted by Crippen LogP contribution is -2.41. The number of alkyl halides is 5. The summed E-state index contributed by atoms with van der Waals surface area (Å²) in [7, 11) is 0. The number of benzene rings is 1.